The molecule has 1 saturated heterocycles. The van der Waals surface area contributed by atoms with E-state index in [-0.39, 0.29) is 12.0 Å². The van der Waals surface area contributed by atoms with Crippen LogP contribution in [-0.4, -0.2) is 33.7 Å². The first-order valence-electron chi connectivity index (χ1n) is 8.44. The zero-order valence-electron chi connectivity index (χ0n) is 13.4. The number of rotatable bonds is 2. The lowest BCUT2D eigenvalue weighted by Crippen LogP contribution is -2.35. The highest BCUT2D eigenvalue weighted by Crippen LogP contribution is 2.27. The van der Waals surface area contributed by atoms with Crippen LogP contribution >= 0.6 is 11.6 Å². The Bertz CT molecular complexity index is 735. The summed E-state index contributed by atoms with van der Waals surface area (Å²) in [6, 6.07) is 9.55. The van der Waals surface area contributed by atoms with Crippen molar-refractivity contribution in [2.45, 2.75) is 38.5 Å². The molecule has 1 aromatic heterocycles. The highest BCUT2D eigenvalue weighted by atomic mass is 35.5. The van der Waals surface area contributed by atoms with Gasteiger partial charge in [-0.2, -0.15) is 5.10 Å². The molecular formula is C18H20ClN3O2. The van der Waals surface area contributed by atoms with Crippen LogP contribution in [0.1, 0.15) is 47.1 Å². The quantitative estimate of drug-likeness (QED) is 0.837. The van der Waals surface area contributed by atoms with Crippen molar-refractivity contribution in [3.8, 4) is 0 Å². The Morgan fingerprint density at radius 2 is 1.92 bits per heavy atom. The van der Waals surface area contributed by atoms with Gasteiger partial charge in [0, 0.05) is 18.1 Å². The van der Waals surface area contributed by atoms with E-state index in [0.29, 0.717) is 23.9 Å². The molecule has 126 valence electrons. The van der Waals surface area contributed by atoms with Crippen LogP contribution in [0.25, 0.3) is 0 Å². The number of aromatic nitrogens is 2. The lowest BCUT2D eigenvalue weighted by molar-refractivity contribution is -0.00121. The standard InChI is InChI=1S/C18H20ClN3O2/c19-14-6-4-13(5-7-14)17-11-22-15(12-24-17)10-16(20-22)18(23)21-8-2-1-3-9-21/h4-7,10,17H,1-3,8-9,11-12H2. The highest BCUT2D eigenvalue weighted by molar-refractivity contribution is 6.30. The van der Waals surface area contributed by atoms with Gasteiger partial charge in [0.2, 0.25) is 0 Å². The summed E-state index contributed by atoms with van der Waals surface area (Å²) >= 11 is 5.94. The number of benzene rings is 1. The highest BCUT2D eigenvalue weighted by Gasteiger charge is 2.26. The van der Waals surface area contributed by atoms with Crippen molar-refractivity contribution < 1.29 is 9.53 Å². The SMILES string of the molecule is O=C(c1cc2n(n1)CC(c1ccc(Cl)cc1)OC2)N1CCCCC1. The minimum atomic E-state index is -0.0624. The molecule has 0 radical (unpaired) electrons. The van der Waals surface area contributed by atoms with Gasteiger partial charge in [0.05, 0.1) is 18.8 Å². The van der Waals surface area contributed by atoms with Crippen LogP contribution in [0.3, 0.4) is 0 Å². The van der Waals surface area contributed by atoms with E-state index < -0.39 is 0 Å². The molecule has 2 aliphatic rings. The van der Waals surface area contributed by atoms with Crippen LogP contribution in [0.15, 0.2) is 30.3 Å². The predicted octanol–water partition coefficient (Wildman–Crippen LogP) is 3.43. The monoisotopic (exact) mass is 345 g/mol. The Hall–Kier alpha value is -1.85. The number of carbonyl (C=O) groups excluding carboxylic acids is 1. The molecule has 0 bridgehead atoms. The van der Waals surface area contributed by atoms with Crippen molar-refractivity contribution >= 4 is 17.5 Å². The third kappa shape index (κ3) is 3.06. The summed E-state index contributed by atoms with van der Waals surface area (Å²) in [4.78, 5) is 14.5. The second-order valence-corrected chi connectivity index (χ2v) is 6.84. The molecule has 4 rings (SSSR count). The summed E-state index contributed by atoms with van der Waals surface area (Å²) in [6.45, 7) is 2.76. The van der Waals surface area contributed by atoms with Crippen molar-refractivity contribution in [3.63, 3.8) is 0 Å². The molecule has 24 heavy (non-hydrogen) atoms. The van der Waals surface area contributed by atoms with Gasteiger partial charge in [0.15, 0.2) is 5.69 Å². The fraction of sp³-hybridized carbons (Fsp3) is 0.444. The van der Waals surface area contributed by atoms with Gasteiger partial charge in [0.1, 0.15) is 6.10 Å². The third-order valence-corrected chi connectivity index (χ3v) is 4.99. The van der Waals surface area contributed by atoms with Crippen molar-refractivity contribution in [2.75, 3.05) is 13.1 Å². The Morgan fingerprint density at radius 1 is 1.17 bits per heavy atom. The smallest absolute Gasteiger partial charge is 0.274 e. The number of amides is 1. The molecule has 2 aromatic rings. The van der Waals surface area contributed by atoms with Crippen LogP contribution in [0.2, 0.25) is 5.02 Å². The number of hydrogen-bond donors (Lipinski definition) is 0. The zero-order valence-corrected chi connectivity index (χ0v) is 14.2. The minimum Gasteiger partial charge on any atom is -0.365 e. The van der Waals surface area contributed by atoms with E-state index >= 15 is 0 Å². The first-order chi connectivity index (χ1) is 11.7. The summed E-state index contributed by atoms with van der Waals surface area (Å²) in [5.41, 5.74) is 2.57. The van der Waals surface area contributed by atoms with Gasteiger partial charge in [-0.3, -0.25) is 9.48 Å². The van der Waals surface area contributed by atoms with E-state index in [0.717, 1.165) is 37.2 Å². The number of likely N-dealkylation sites (tertiary alicyclic amines) is 1. The summed E-state index contributed by atoms with van der Waals surface area (Å²) in [5, 5.41) is 5.25. The van der Waals surface area contributed by atoms with Gasteiger partial charge < -0.3 is 9.64 Å². The Kier molecular flexibility index (Phi) is 4.29. The van der Waals surface area contributed by atoms with Crippen LogP contribution in [-0.2, 0) is 17.9 Å². The van der Waals surface area contributed by atoms with E-state index in [1.54, 1.807) is 0 Å². The molecule has 1 fully saturated rings. The molecule has 1 aromatic carbocycles. The summed E-state index contributed by atoms with van der Waals surface area (Å²) < 4.78 is 7.84. The molecular weight excluding hydrogens is 326 g/mol. The van der Waals surface area contributed by atoms with Gasteiger partial charge in [-0.1, -0.05) is 23.7 Å². The topological polar surface area (TPSA) is 47.4 Å². The molecule has 0 saturated carbocycles. The molecule has 1 unspecified atom stereocenters. The first-order valence-corrected chi connectivity index (χ1v) is 8.81. The molecule has 2 aliphatic heterocycles. The number of carbonyl (C=O) groups is 1. The fourth-order valence-corrected chi connectivity index (χ4v) is 3.49. The summed E-state index contributed by atoms with van der Waals surface area (Å²) in [7, 11) is 0. The van der Waals surface area contributed by atoms with Gasteiger partial charge in [-0.25, -0.2) is 0 Å². The summed E-state index contributed by atoms with van der Waals surface area (Å²) in [6.07, 6.45) is 3.31. The lowest BCUT2D eigenvalue weighted by atomic mass is 10.1. The number of halogens is 1. The largest absolute Gasteiger partial charge is 0.365 e. The molecule has 1 amide bonds. The van der Waals surface area contributed by atoms with Crippen molar-refractivity contribution in [2.24, 2.45) is 0 Å². The van der Waals surface area contributed by atoms with Gasteiger partial charge in [-0.05, 0) is 43.0 Å². The fourth-order valence-electron chi connectivity index (χ4n) is 3.37. The van der Waals surface area contributed by atoms with E-state index in [4.69, 9.17) is 16.3 Å². The van der Waals surface area contributed by atoms with Crippen LogP contribution in [0, 0.1) is 0 Å². The average Bonchev–Trinajstić information content (AvgIpc) is 3.05. The Balaban J connectivity index is 1.51. The van der Waals surface area contributed by atoms with E-state index in [1.807, 2.05) is 39.9 Å². The molecule has 0 N–H and O–H groups in total. The minimum absolute atomic E-state index is 0.0413. The van der Waals surface area contributed by atoms with Crippen molar-refractivity contribution in [3.05, 3.63) is 52.3 Å². The van der Waals surface area contributed by atoms with Crippen molar-refractivity contribution in [1.29, 1.82) is 0 Å². The van der Waals surface area contributed by atoms with Crippen molar-refractivity contribution in [1.82, 2.24) is 14.7 Å². The van der Waals surface area contributed by atoms with Crippen LogP contribution < -0.4 is 0 Å². The normalized spacial score (nSPS) is 20.7. The molecule has 3 heterocycles. The maximum absolute atomic E-state index is 12.6. The van der Waals surface area contributed by atoms with Crippen LogP contribution in [0.5, 0.6) is 0 Å². The van der Waals surface area contributed by atoms with E-state index in [2.05, 4.69) is 5.10 Å². The molecule has 5 nitrogen and oxygen atoms in total. The second-order valence-electron chi connectivity index (χ2n) is 6.41. The average molecular weight is 346 g/mol. The predicted molar refractivity (Wildman–Crippen MR) is 91.0 cm³/mol. The lowest BCUT2D eigenvalue weighted by Gasteiger charge is -2.25. The maximum atomic E-state index is 12.6. The number of ether oxygens (including phenoxy) is 1. The zero-order chi connectivity index (χ0) is 16.5. The number of nitrogens with zero attached hydrogens (tertiary/aromatic N) is 3. The molecule has 0 spiro atoms. The van der Waals surface area contributed by atoms with Gasteiger partial charge >= 0.3 is 0 Å². The second kappa shape index (κ2) is 6.57. The van der Waals surface area contributed by atoms with Gasteiger partial charge in [0.25, 0.3) is 5.91 Å². The third-order valence-electron chi connectivity index (χ3n) is 4.74. The molecule has 6 heteroatoms. The number of piperidine rings is 1. The molecule has 1 atom stereocenters. The Morgan fingerprint density at radius 3 is 2.67 bits per heavy atom. The van der Waals surface area contributed by atoms with Crippen LogP contribution in [0.4, 0.5) is 0 Å². The number of fused-ring (bicyclic) bond motifs is 1. The first kappa shape index (κ1) is 15.7. The number of hydrogen-bond acceptors (Lipinski definition) is 3. The Labute approximate surface area is 146 Å². The summed E-state index contributed by atoms with van der Waals surface area (Å²) in [5.74, 6) is 0.0413. The molecule has 0 aliphatic carbocycles. The van der Waals surface area contributed by atoms with E-state index in [1.165, 1.54) is 6.42 Å². The van der Waals surface area contributed by atoms with E-state index in [9.17, 15) is 4.79 Å². The van der Waals surface area contributed by atoms with Gasteiger partial charge in [-0.15, -0.1) is 0 Å². The maximum Gasteiger partial charge on any atom is 0.274 e.